The quantitative estimate of drug-likeness (QED) is 0.871. The van der Waals surface area contributed by atoms with Crippen LogP contribution >= 0.6 is 11.6 Å². The highest BCUT2D eigenvalue weighted by atomic mass is 35.5. The zero-order valence-electron chi connectivity index (χ0n) is 12.7. The van der Waals surface area contributed by atoms with E-state index in [4.69, 9.17) is 16.3 Å². The summed E-state index contributed by atoms with van der Waals surface area (Å²) >= 11 is 6.13. The third-order valence-electron chi connectivity index (χ3n) is 3.42. The molecule has 0 radical (unpaired) electrons. The molecule has 0 amide bonds. The molecule has 1 unspecified atom stereocenters. The van der Waals surface area contributed by atoms with Gasteiger partial charge in [-0.2, -0.15) is 0 Å². The fraction of sp³-hybridized carbons (Fsp3) is 0.353. The van der Waals surface area contributed by atoms with E-state index in [2.05, 4.69) is 29.4 Å². The number of hydrogen-bond donors (Lipinski definition) is 1. The number of halogens is 1. The zero-order chi connectivity index (χ0) is 15.2. The van der Waals surface area contributed by atoms with E-state index < -0.39 is 0 Å². The highest BCUT2D eigenvalue weighted by Crippen LogP contribution is 2.27. The van der Waals surface area contributed by atoms with Crippen LogP contribution in [0, 0.1) is 6.92 Å². The maximum atomic E-state index is 6.13. The Hall–Kier alpha value is -1.58. The molecule has 21 heavy (non-hydrogen) atoms. The lowest BCUT2D eigenvalue weighted by Gasteiger charge is -2.20. The van der Waals surface area contributed by atoms with Gasteiger partial charge >= 0.3 is 0 Å². The predicted molar refractivity (Wildman–Crippen MR) is 87.1 cm³/mol. The van der Waals surface area contributed by atoms with Crippen LogP contribution in [0.4, 0.5) is 0 Å². The molecule has 2 rings (SSSR count). The summed E-state index contributed by atoms with van der Waals surface area (Å²) in [7, 11) is 1.65. The second-order valence-corrected chi connectivity index (χ2v) is 5.46. The van der Waals surface area contributed by atoms with Crippen LogP contribution in [0.25, 0.3) is 0 Å². The van der Waals surface area contributed by atoms with Crippen molar-refractivity contribution in [1.29, 1.82) is 0 Å². The van der Waals surface area contributed by atoms with Crippen molar-refractivity contribution in [2.45, 2.75) is 26.3 Å². The second kappa shape index (κ2) is 7.43. The van der Waals surface area contributed by atoms with E-state index in [1.807, 2.05) is 25.3 Å². The van der Waals surface area contributed by atoms with Gasteiger partial charge in [0.2, 0.25) is 0 Å². The zero-order valence-corrected chi connectivity index (χ0v) is 13.4. The van der Waals surface area contributed by atoms with Gasteiger partial charge in [-0.3, -0.25) is 4.98 Å². The van der Waals surface area contributed by atoms with E-state index in [1.54, 1.807) is 13.3 Å². The molecule has 0 saturated carbocycles. The largest absolute Gasteiger partial charge is 0.495 e. The van der Waals surface area contributed by atoms with Gasteiger partial charge in [0.05, 0.1) is 19.3 Å². The molecule has 1 aromatic carbocycles. The first-order valence-electron chi connectivity index (χ1n) is 7.14. The molecule has 0 fully saturated rings. The molecule has 3 nitrogen and oxygen atoms in total. The number of rotatable bonds is 6. The van der Waals surface area contributed by atoms with Crippen LogP contribution in [-0.4, -0.2) is 18.6 Å². The minimum Gasteiger partial charge on any atom is -0.495 e. The van der Waals surface area contributed by atoms with E-state index in [-0.39, 0.29) is 6.04 Å². The number of aromatic nitrogens is 1. The normalized spacial score (nSPS) is 12.2. The molecule has 2 aromatic rings. The SMILES string of the molecule is CCCNC(c1cncc(OC)c1)c1ccc(Cl)c(C)c1. The maximum absolute atomic E-state index is 6.13. The van der Waals surface area contributed by atoms with Crippen molar-refractivity contribution in [3.8, 4) is 5.75 Å². The fourth-order valence-electron chi connectivity index (χ4n) is 2.27. The van der Waals surface area contributed by atoms with Crippen molar-refractivity contribution in [3.05, 3.63) is 58.4 Å². The summed E-state index contributed by atoms with van der Waals surface area (Å²) in [5.74, 6) is 0.765. The second-order valence-electron chi connectivity index (χ2n) is 5.05. The molecule has 0 spiro atoms. The Bertz CT molecular complexity index is 601. The summed E-state index contributed by atoms with van der Waals surface area (Å²) in [6.45, 7) is 5.11. The van der Waals surface area contributed by atoms with Crippen LogP contribution in [-0.2, 0) is 0 Å². The van der Waals surface area contributed by atoms with Gasteiger partial charge in [-0.25, -0.2) is 0 Å². The summed E-state index contributed by atoms with van der Waals surface area (Å²) in [5, 5.41) is 4.35. The number of pyridine rings is 1. The van der Waals surface area contributed by atoms with Crippen molar-refractivity contribution in [3.63, 3.8) is 0 Å². The molecule has 0 bridgehead atoms. The van der Waals surface area contributed by atoms with Crippen LogP contribution in [0.5, 0.6) is 5.75 Å². The van der Waals surface area contributed by atoms with Crippen LogP contribution in [0.1, 0.15) is 36.1 Å². The Morgan fingerprint density at radius 2 is 2.05 bits per heavy atom. The maximum Gasteiger partial charge on any atom is 0.137 e. The average Bonchev–Trinajstić information content (AvgIpc) is 2.51. The third-order valence-corrected chi connectivity index (χ3v) is 3.84. The Labute approximate surface area is 131 Å². The van der Waals surface area contributed by atoms with Crippen molar-refractivity contribution < 1.29 is 4.74 Å². The molecular weight excluding hydrogens is 284 g/mol. The number of benzene rings is 1. The van der Waals surface area contributed by atoms with Gasteiger partial charge in [0.1, 0.15) is 5.75 Å². The molecule has 1 aromatic heterocycles. The number of ether oxygens (including phenoxy) is 1. The van der Waals surface area contributed by atoms with Crippen molar-refractivity contribution in [2.75, 3.05) is 13.7 Å². The topological polar surface area (TPSA) is 34.2 Å². The molecule has 0 aliphatic carbocycles. The standard InChI is InChI=1S/C17H21ClN2O/c1-4-7-20-17(13-5-6-16(18)12(2)8-13)14-9-15(21-3)11-19-10-14/h5-6,8-11,17,20H,4,7H2,1-3H3. The van der Waals surface area contributed by atoms with E-state index in [0.717, 1.165) is 34.9 Å². The summed E-state index contributed by atoms with van der Waals surface area (Å²) in [4.78, 5) is 4.26. The van der Waals surface area contributed by atoms with Gasteiger partial charge < -0.3 is 10.1 Å². The van der Waals surface area contributed by atoms with Crippen LogP contribution in [0.2, 0.25) is 5.02 Å². The Kier molecular flexibility index (Phi) is 5.59. The molecule has 1 atom stereocenters. The highest BCUT2D eigenvalue weighted by Gasteiger charge is 2.15. The van der Waals surface area contributed by atoms with E-state index in [0.29, 0.717) is 0 Å². The summed E-state index contributed by atoms with van der Waals surface area (Å²) in [5.41, 5.74) is 3.35. The molecule has 0 aliphatic rings. The minimum absolute atomic E-state index is 0.0866. The first-order valence-corrected chi connectivity index (χ1v) is 7.52. The number of hydrogen-bond acceptors (Lipinski definition) is 3. The molecule has 0 saturated heterocycles. The van der Waals surface area contributed by atoms with Gasteiger partial charge in [-0.1, -0.05) is 30.7 Å². The third kappa shape index (κ3) is 3.96. The van der Waals surface area contributed by atoms with E-state index >= 15 is 0 Å². The van der Waals surface area contributed by atoms with Crippen molar-refractivity contribution in [2.24, 2.45) is 0 Å². The first kappa shape index (κ1) is 15.8. The predicted octanol–water partition coefficient (Wildman–Crippen LogP) is 4.14. The van der Waals surface area contributed by atoms with Crippen LogP contribution < -0.4 is 10.1 Å². The minimum atomic E-state index is 0.0866. The van der Waals surface area contributed by atoms with Crippen molar-refractivity contribution >= 4 is 11.6 Å². The van der Waals surface area contributed by atoms with Gasteiger partial charge in [0.15, 0.2) is 0 Å². The highest BCUT2D eigenvalue weighted by molar-refractivity contribution is 6.31. The fourth-order valence-corrected chi connectivity index (χ4v) is 2.39. The van der Waals surface area contributed by atoms with E-state index in [1.165, 1.54) is 5.56 Å². The van der Waals surface area contributed by atoms with Crippen molar-refractivity contribution in [1.82, 2.24) is 10.3 Å². The molecule has 1 N–H and O–H groups in total. The lowest BCUT2D eigenvalue weighted by atomic mass is 9.98. The summed E-state index contributed by atoms with van der Waals surface area (Å²) in [6.07, 6.45) is 4.66. The van der Waals surface area contributed by atoms with Crippen LogP contribution in [0.15, 0.2) is 36.7 Å². The van der Waals surface area contributed by atoms with Gasteiger partial charge in [-0.05, 0) is 48.7 Å². The number of aryl methyl sites for hydroxylation is 1. The molecular formula is C17H21ClN2O. The molecule has 4 heteroatoms. The number of nitrogens with one attached hydrogen (secondary N) is 1. The van der Waals surface area contributed by atoms with Gasteiger partial charge in [0.25, 0.3) is 0 Å². The molecule has 112 valence electrons. The average molecular weight is 305 g/mol. The van der Waals surface area contributed by atoms with Gasteiger partial charge in [-0.15, -0.1) is 0 Å². The summed E-state index contributed by atoms with van der Waals surface area (Å²) in [6, 6.07) is 8.23. The lowest BCUT2D eigenvalue weighted by molar-refractivity contribution is 0.411. The Morgan fingerprint density at radius 1 is 1.24 bits per heavy atom. The Balaban J connectivity index is 2.38. The molecule has 1 heterocycles. The Morgan fingerprint density at radius 3 is 2.71 bits per heavy atom. The summed E-state index contributed by atoms with van der Waals surface area (Å²) < 4.78 is 5.28. The van der Waals surface area contributed by atoms with E-state index in [9.17, 15) is 0 Å². The lowest BCUT2D eigenvalue weighted by Crippen LogP contribution is -2.23. The molecule has 0 aliphatic heterocycles. The first-order chi connectivity index (χ1) is 10.2. The van der Waals surface area contributed by atoms with Crippen LogP contribution in [0.3, 0.4) is 0 Å². The van der Waals surface area contributed by atoms with Gasteiger partial charge in [0, 0.05) is 11.2 Å². The number of methoxy groups -OCH3 is 1. The number of nitrogens with zero attached hydrogens (tertiary/aromatic N) is 1. The smallest absolute Gasteiger partial charge is 0.137 e. The monoisotopic (exact) mass is 304 g/mol.